The van der Waals surface area contributed by atoms with Crippen LogP contribution in [-0.2, 0) is 13.6 Å². The van der Waals surface area contributed by atoms with Crippen molar-refractivity contribution >= 4 is 16.7 Å². The summed E-state index contributed by atoms with van der Waals surface area (Å²) in [6.07, 6.45) is 1.26. The largest absolute Gasteiger partial charge is 0.351 e. The number of para-hydroxylation sites is 1. The molecule has 112 valence electrons. The third-order valence-corrected chi connectivity index (χ3v) is 4.13. The van der Waals surface area contributed by atoms with Gasteiger partial charge < -0.3 is 4.57 Å². The molecule has 0 saturated heterocycles. The number of aromatic nitrogens is 3. The molecule has 0 aliphatic carbocycles. The Balaban J connectivity index is 2.03. The summed E-state index contributed by atoms with van der Waals surface area (Å²) in [6, 6.07) is 9.09. The number of ketones is 1. The van der Waals surface area contributed by atoms with Gasteiger partial charge in [-0.2, -0.15) is 5.10 Å². The van der Waals surface area contributed by atoms with E-state index in [1.54, 1.807) is 22.9 Å². The standard InChI is InChI=1S/C17H17N3O2/c1-11-8-14(12(2)19(11)3)17(22)10-20-15-7-5-4-6-13(15)16(21)9-18-20/h4-9H,10H2,1-3H3. The molecular weight excluding hydrogens is 278 g/mol. The highest BCUT2D eigenvalue weighted by Gasteiger charge is 2.15. The first kappa shape index (κ1) is 14.3. The van der Waals surface area contributed by atoms with Crippen molar-refractivity contribution in [1.29, 1.82) is 0 Å². The third-order valence-electron chi connectivity index (χ3n) is 4.13. The van der Waals surface area contributed by atoms with Crippen LogP contribution in [0.25, 0.3) is 10.9 Å². The van der Waals surface area contributed by atoms with Crippen LogP contribution >= 0.6 is 0 Å². The van der Waals surface area contributed by atoms with Crippen molar-refractivity contribution in [3.63, 3.8) is 0 Å². The maximum Gasteiger partial charge on any atom is 0.207 e. The number of Topliss-reactive ketones (excluding diaryl/α,β-unsaturated/α-hetero) is 1. The van der Waals surface area contributed by atoms with Crippen LogP contribution in [0.1, 0.15) is 21.7 Å². The maximum atomic E-state index is 12.6. The summed E-state index contributed by atoms with van der Waals surface area (Å²) in [5.74, 6) is -0.0116. The quantitative estimate of drug-likeness (QED) is 0.696. The zero-order valence-electron chi connectivity index (χ0n) is 12.8. The van der Waals surface area contributed by atoms with Gasteiger partial charge in [-0.1, -0.05) is 12.1 Å². The van der Waals surface area contributed by atoms with E-state index in [-0.39, 0.29) is 17.8 Å². The van der Waals surface area contributed by atoms with Crippen LogP contribution in [0.5, 0.6) is 0 Å². The number of fused-ring (bicyclic) bond motifs is 1. The second-order valence-electron chi connectivity index (χ2n) is 5.45. The van der Waals surface area contributed by atoms with Crippen LogP contribution < -0.4 is 5.43 Å². The lowest BCUT2D eigenvalue weighted by Gasteiger charge is -2.08. The fourth-order valence-corrected chi connectivity index (χ4v) is 2.65. The molecule has 3 aromatic rings. The third kappa shape index (κ3) is 2.24. The van der Waals surface area contributed by atoms with Gasteiger partial charge in [0.2, 0.25) is 5.43 Å². The SMILES string of the molecule is Cc1cc(C(=O)Cn2ncc(=O)c3ccccc32)c(C)n1C. The van der Waals surface area contributed by atoms with E-state index in [4.69, 9.17) is 0 Å². The Kier molecular flexibility index (Phi) is 3.41. The van der Waals surface area contributed by atoms with E-state index >= 15 is 0 Å². The van der Waals surface area contributed by atoms with Gasteiger partial charge in [0.05, 0.1) is 11.7 Å². The van der Waals surface area contributed by atoms with Crippen LogP contribution in [0, 0.1) is 13.8 Å². The molecule has 0 unspecified atom stereocenters. The lowest BCUT2D eigenvalue weighted by Crippen LogP contribution is -2.18. The fraction of sp³-hybridized carbons (Fsp3) is 0.235. The zero-order valence-corrected chi connectivity index (χ0v) is 12.8. The van der Waals surface area contributed by atoms with Crippen molar-refractivity contribution in [1.82, 2.24) is 14.3 Å². The molecule has 1 aromatic carbocycles. The number of benzene rings is 1. The zero-order chi connectivity index (χ0) is 15.9. The highest BCUT2D eigenvalue weighted by molar-refractivity contribution is 5.98. The second kappa shape index (κ2) is 5.26. The monoisotopic (exact) mass is 295 g/mol. The summed E-state index contributed by atoms with van der Waals surface area (Å²) < 4.78 is 3.57. The first-order valence-corrected chi connectivity index (χ1v) is 7.10. The molecule has 0 aliphatic rings. The van der Waals surface area contributed by atoms with Crippen molar-refractivity contribution in [2.24, 2.45) is 7.05 Å². The van der Waals surface area contributed by atoms with Gasteiger partial charge in [0.25, 0.3) is 0 Å². The van der Waals surface area contributed by atoms with E-state index in [0.29, 0.717) is 16.5 Å². The van der Waals surface area contributed by atoms with Crippen molar-refractivity contribution < 1.29 is 4.79 Å². The average molecular weight is 295 g/mol. The molecule has 0 amide bonds. The second-order valence-corrected chi connectivity index (χ2v) is 5.45. The minimum Gasteiger partial charge on any atom is -0.351 e. The summed E-state index contributed by atoms with van der Waals surface area (Å²) in [4.78, 5) is 24.4. The molecule has 2 heterocycles. The van der Waals surface area contributed by atoms with E-state index in [2.05, 4.69) is 5.10 Å². The summed E-state index contributed by atoms with van der Waals surface area (Å²) in [7, 11) is 1.94. The molecule has 0 atom stereocenters. The predicted molar refractivity (Wildman–Crippen MR) is 85.2 cm³/mol. The van der Waals surface area contributed by atoms with Crippen molar-refractivity contribution in [3.8, 4) is 0 Å². The van der Waals surface area contributed by atoms with E-state index in [9.17, 15) is 9.59 Å². The Morgan fingerprint density at radius 2 is 1.95 bits per heavy atom. The maximum absolute atomic E-state index is 12.6. The van der Waals surface area contributed by atoms with Gasteiger partial charge in [0.1, 0.15) is 6.54 Å². The highest BCUT2D eigenvalue weighted by Crippen LogP contribution is 2.15. The van der Waals surface area contributed by atoms with Crippen LogP contribution in [0.4, 0.5) is 0 Å². The highest BCUT2D eigenvalue weighted by atomic mass is 16.1. The summed E-state index contributed by atoms with van der Waals surface area (Å²) in [5, 5.41) is 4.68. The van der Waals surface area contributed by atoms with Gasteiger partial charge in [0, 0.05) is 29.4 Å². The molecule has 3 rings (SSSR count). The van der Waals surface area contributed by atoms with Crippen LogP contribution in [0.2, 0.25) is 0 Å². The Morgan fingerprint density at radius 1 is 1.23 bits per heavy atom. The first-order valence-electron chi connectivity index (χ1n) is 7.10. The van der Waals surface area contributed by atoms with Gasteiger partial charge in [-0.3, -0.25) is 14.3 Å². The molecule has 0 N–H and O–H groups in total. The van der Waals surface area contributed by atoms with Crippen LogP contribution in [0.15, 0.2) is 41.3 Å². The molecule has 0 spiro atoms. The molecule has 22 heavy (non-hydrogen) atoms. The molecular formula is C17H17N3O2. The number of aryl methyl sites for hydroxylation is 1. The lowest BCUT2D eigenvalue weighted by atomic mass is 10.1. The predicted octanol–water partition coefficient (Wildman–Crippen LogP) is 2.23. The topological polar surface area (TPSA) is 56.9 Å². The molecule has 0 saturated carbocycles. The average Bonchev–Trinajstić information content (AvgIpc) is 2.78. The fourth-order valence-electron chi connectivity index (χ4n) is 2.65. The number of rotatable bonds is 3. The van der Waals surface area contributed by atoms with E-state index in [0.717, 1.165) is 11.4 Å². The normalized spacial score (nSPS) is 11.0. The molecule has 0 aliphatic heterocycles. The van der Waals surface area contributed by atoms with Gasteiger partial charge >= 0.3 is 0 Å². The summed E-state index contributed by atoms with van der Waals surface area (Å²) >= 11 is 0. The van der Waals surface area contributed by atoms with Gasteiger partial charge in [-0.25, -0.2) is 0 Å². The minimum atomic E-state index is -0.133. The van der Waals surface area contributed by atoms with Crippen LogP contribution in [-0.4, -0.2) is 20.1 Å². The van der Waals surface area contributed by atoms with Gasteiger partial charge in [-0.05, 0) is 32.0 Å². The Hall–Kier alpha value is -2.69. The smallest absolute Gasteiger partial charge is 0.207 e. The molecule has 5 nitrogen and oxygen atoms in total. The molecule has 0 bridgehead atoms. The van der Waals surface area contributed by atoms with Crippen molar-refractivity contribution in [2.45, 2.75) is 20.4 Å². The van der Waals surface area contributed by atoms with Crippen molar-refractivity contribution in [3.05, 3.63) is 63.7 Å². The number of nitrogens with zero attached hydrogens (tertiary/aromatic N) is 3. The van der Waals surface area contributed by atoms with Crippen LogP contribution in [0.3, 0.4) is 0 Å². The molecule has 0 fully saturated rings. The van der Waals surface area contributed by atoms with Gasteiger partial charge in [0.15, 0.2) is 5.78 Å². The number of carbonyl (C=O) groups is 1. The molecule has 2 aromatic heterocycles. The summed E-state index contributed by atoms with van der Waals surface area (Å²) in [6.45, 7) is 4.01. The minimum absolute atomic E-state index is 0.0116. The molecule has 0 radical (unpaired) electrons. The first-order chi connectivity index (χ1) is 10.5. The Labute approximate surface area is 127 Å². The Bertz CT molecular complexity index is 935. The Morgan fingerprint density at radius 3 is 2.64 bits per heavy atom. The van der Waals surface area contributed by atoms with E-state index in [1.807, 2.05) is 37.6 Å². The van der Waals surface area contributed by atoms with E-state index in [1.165, 1.54) is 6.20 Å². The molecule has 5 heteroatoms. The van der Waals surface area contributed by atoms with Gasteiger partial charge in [-0.15, -0.1) is 0 Å². The summed E-state index contributed by atoms with van der Waals surface area (Å²) in [5.41, 5.74) is 3.22. The number of carbonyl (C=O) groups excluding carboxylic acids is 1. The van der Waals surface area contributed by atoms with Crippen molar-refractivity contribution in [2.75, 3.05) is 0 Å². The van der Waals surface area contributed by atoms with E-state index < -0.39 is 0 Å². The number of hydrogen-bond acceptors (Lipinski definition) is 3. The number of hydrogen-bond donors (Lipinski definition) is 0. The lowest BCUT2D eigenvalue weighted by molar-refractivity contribution is 0.0968.